The molecule has 3 rings (SSSR count). The monoisotopic (exact) mass is 439 g/mol. The summed E-state index contributed by atoms with van der Waals surface area (Å²) < 4.78 is 17.8. The average Bonchev–Trinajstić information content (AvgIpc) is 3.03. The zero-order chi connectivity index (χ0) is 21.9. The number of nitrogens with one attached hydrogen (secondary N) is 2. The van der Waals surface area contributed by atoms with E-state index in [1.807, 2.05) is 0 Å². The van der Waals surface area contributed by atoms with Crippen LogP contribution in [0.25, 0.3) is 0 Å². The van der Waals surface area contributed by atoms with Crippen molar-refractivity contribution in [3.63, 3.8) is 0 Å². The van der Waals surface area contributed by atoms with Crippen LogP contribution >= 0.6 is 0 Å². The maximum absolute atomic E-state index is 12.0. The first kappa shape index (κ1) is 24.2. The molecule has 1 saturated carbocycles. The molecule has 0 radical (unpaired) electrons. The molecule has 9 heteroatoms. The number of ether oxygens (including phenoxy) is 3. The number of rotatable bonds is 8. The highest BCUT2D eigenvalue weighted by Crippen LogP contribution is 2.36. The Morgan fingerprint density at radius 1 is 1.13 bits per heavy atom. The van der Waals surface area contributed by atoms with Gasteiger partial charge in [-0.1, -0.05) is 12.8 Å². The number of hydrogen-bond donors (Lipinski definition) is 2. The topological polar surface area (TPSA) is 87.7 Å². The van der Waals surface area contributed by atoms with Crippen molar-refractivity contribution < 1.29 is 19.0 Å². The number of aliphatic imine (C=N–C) groups is 1. The van der Waals surface area contributed by atoms with Crippen LogP contribution in [0.5, 0.6) is 0 Å². The van der Waals surface area contributed by atoms with Crippen molar-refractivity contribution in [3.05, 3.63) is 0 Å². The Morgan fingerprint density at radius 2 is 1.87 bits per heavy atom. The quantitative estimate of drug-likeness (QED) is 0.329. The van der Waals surface area contributed by atoms with E-state index in [4.69, 9.17) is 14.2 Å². The molecule has 1 spiro atoms. The van der Waals surface area contributed by atoms with Gasteiger partial charge in [-0.25, -0.2) is 4.99 Å². The van der Waals surface area contributed by atoms with Gasteiger partial charge in [0.2, 0.25) is 5.91 Å². The predicted octanol–water partition coefficient (Wildman–Crippen LogP) is 0.798. The number of guanidine groups is 1. The van der Waals surface area contributed by atoms with Gasteiger partial charge in [-0.2, -0.15) is 0 Å². The summed E-state index contributed by atoms with van der Waals surface area (Å²) in [5.41, 5.74) is 0. The molecule has 1 unspecified atom stereocenters. The number of carbonyl (C=O) groups is 1. The van der Waals surface area contributed by atoms with Crippen molar-refractivity contribution in [1.29, 1.82) is 0 Å². The van der Waals surface area contributed by atoms with Crippen molar-refractivity contribution in [2.75, 3.05) is 73.2 Å². The molecule has 0 bridgehead atoms. The number of hydrogen-bond acceptors (Lipinski definition) is 6. The van der Waals surface area contributed by atoms with E-state index >= 15 is 0 Å². The van der Waals surface area contributed by atoms with Crippen LogP contribution in [-0.4, -0.2) is 107 Å². The molecule has 1 amide bonds. The first-order valence-electron chi connectivity index (χ1n) is 11.9. The van der Waals surface area contributed by atoms with Crippen LogP contribution in [0.15, 0.2) is 4.99 Å². The molecule has 1 aliphatic carbocycles. The van der Waals surface area contributed by atoms with Crippen LogP contribution in [0.1, 0.15) is 44.9 Å². The van der Waals surface area contributed by atoms with E-state index in [2.05, 4.69) is 20.5 Å². The summed E-state index contributed by atoms with van der Waals surface area (Å²) in [5, 5.41) is 6.73. The third-order valence-corrected chi connectivity index (χ3v) is 6.19. The minimum atomic E-state index is -0.382. The summed E-state index contributed by atoms with van der Waals surface area (Å²) in [7, 11) is 3.49. The van der Waals surface area contributed by atoms with E-state index in [-0.39, 0.29) is 24.3 Å². The molecule has 2 aliphatic heterocycles. The van der Waals surface area contributed by atoms with Crippen LogP contribution in [0.4, 0.5) is 0 Å². The Balaban J connectivity index is 1.44. The first-order chi connectivity index (χ1) is 15.1. The first-order valence-corrected chi connectivity index (χ1v) is 11.9. The number of likely N-dealkylation sites (N-methyl/N-ethyl adjacent to an activating group) is 1. The highest BCUT2D eigenvalue weighted by atomic mass is 16.7. The molecule has 0 aromatic carbocycles. The van der Waals surface area contributed by atoms with E-state index in [0.29, 0.717) is 19.1 Å². The van der Waals surface area contributed by atoms with Gasteiger partial charge in [-0.05, 0) is 25.8 Å². The van der Waals surface area contributed by atoms with E-state index in [1.165, 1.54) is 25.7 Å². The van der Waals surface area contributed by atoms with Crippen molar-refractivity contribution >= 4 is 11.9 Å². The normalized spacial score (nSPS) is 24.7. The lowest BCUT2D eigenvalue weighted by Gasteiger charge is -2.27. The Hall–Kier alpha value is -1.42. The van der Waals surface area contributed by atoms with Crippen molar-refractivity contribution in [1.82, 2.24) is 20.4 Å². The standard InChI is InChI=1S/C22H41N5O4/c1-26(2)20(28)17-25-21(23-10-7-11-27-12-14-29-15-13-27)24-16-19-18-30-22(31-19)8-5-3-4-6-9-22/h19H,3-18H2,1-2H3,(H2,23,24,25). The molecule has 3 aliphatic rings. The fourth-order valence-electron chi connectivity index (χ4n) is 4.25. The highest BCUT2D eigenvalue weighted by molar-refractivity contribution is 5.84. The summed E-state index contributed by atoms with van der Waals surface area (Å²) in [6.07, 6.45) is 7.86. The third kappa shape index (κ3) is 8.21. The third-order valence-electron chi connectivity index (χ3n) is 6.19. The molecule has 2 saturated heterocycles. The largest absolute Gasteiger partial charge is 0.379 e. The minimum Gasteiger partial charge on any atom is -0.379 e. The van der Waals surface area contributed by atoms with Gasteiger partial charge in [0.1, 0.15) is 12.6 Å². The zero-order valence-electron chi connectivity index (χ0n) is 19.4. The van der Waals surface area contributed by atoms with Crippen molar-refractivity contribution in [3.8, 4) is 0 Å². The predicted molar refractivity (Wildman–Crippen MR) is 120 cm³/mol. The Kier molecular flexibility index (Phi) is 9.83. The zero-order valence-corrected chi connectivity index (χ0v) is 19.4. The highest BCUT2D eigenvalue weighted by Gasteiger charge is 2.41. The van der Waals surface area contributed by atoms with Gasteiger partial charge in [-0.15, -0.1) is 0 Å². The molecule has 0 aromatic rings. The lowest BCUT2D eigenvalue weighted by atomic mass is 10.1. The minimum absolute atomic E-state index is 0.00278. The van der Waals surface area contributed by atoms with Gasteiger partial charge in [0.25, 0.3) is 0 Å². The average molecular weight is 440 g/mol. The number of amides is 1. The van der Waals surface area contributed by atoms with Crippen LogP contribution in [0.3, 0.4) is 0 Å². The van der Waals surface area contributed by atoms with Gasteiger partial charge in [0.15, 0.2) is 11.7 Å². The Morgan fingerprint density at radius 3 is 2.58 bits per heavy atom. The van der Waals surface area contributed by atoms with Crippen LogP contribution < -0.4 is 10.6 Å². The fourth-order valence-corrected chi connectivity index (χ4v) is 4.25. The molecule has 1 atom stereocenters. The molecule has 2 N–H and O–H groups in total. The van der Waals surface area contributed by atoms with E-state index in [0.717, 1.165) is 58.7 Å². The Bertz CT molecular complexity index is 572. The number of carbonyl (C=O) groups excluding carboxylic acids is 1. The molecule has 9 nitrogen and oxygen atoms in total. The van der Waals surface area contributed by atoms with Gasteiger partial charge in [0, 0.05) is 53.1 Å². The number of morpholine rings is 1. The SMILES string of the molecule is CN(C)C(=O)CN=C(NCCCN1CCOCC1)NCC1COC2(CCCCCC2)O1. The lowest BCUT2D eigenvalue weighted by molar-refractivity contribution is -0.175. The summed E-state index contributed by atoms with van der Waals surface area (Å²) in [6.45, 7) is 6.81. The van der Waals surface area contributed by atoms with Crippen LogP contribution in [0, 0.1) is 0 Å². The molecule has 178 valence electrons. The molecule has 0 aromatic heterocycles. The van der Waals surface area contributed by atoms with E-state index in [1.54, 1.807) is 19.0 Å². The maximum atomic E-state index is 12.0. The second-order valence-corrected chi connectivity index (χ2v) is 8.94. The fraction of sp³-hybridized carbons (Fsp3) is 0.909. The van der Waals surface area contributed by atoms with Gasteiger partial charge >= 0.3 is 0 Å². The molecular weight excluding hydrogens is 398 g/mol. The summed E-state index contributed by atoms with van der Waals surface area (Å²) >= 11 is 0. The molecular formula is C22H41N5O4. The Labute approximate surface area is 186 Å². The van der Waals surface area contributed by atoms with Gasteiger partial charge in [-0.3, -0.25) is 9.69 Å². The van der Waals surface area contributed by atoms with E-state index in [9.17, 15) is 4.79 Å². The second kappa shape index (κ2) is 12.6. The van der Waals surface area contributed by atoms with E-state index < -0.39 is 0 Å². The van der Waals surface area contributed by atoms with Crippen molar-refractivity contribution in [2.45, 2.75) is 56.8 Å². The van der Waals surface area contributed by atoms with Gasteiger partial charge in [0.05, 0.1) is 19.8 Å². The summed E-state index contributed by atoms with van der Waals surface area (Å²) in [6, 6.07) is 0. The molecule has 31 heavy (non-hydrogen) atoms. The lowest BCUT2D eigenvalue weighted by Crippen LogP contribution is -2.44. The van der Waals surface area contributed by atoms with Crippen LogP contribution in [-0.2, 0) is 19.0 Å². The summed E-state index contributed by atoms with van der Waals surface area (Å²) in [4.78, 5) is 20.4. The summed E-state index contributed by atoms with van der Waals surface area (Å²) in [5.74, 6) is 0.252. The molecule has 2 heterocycles. The maximum Gasteiger partial charge on any atom is 0.243 e. The molecule has 3 fully saturated rings. The second-order valence-electron chi connectivity index (χ2n) is 8.94. The smallest absolute Gasteiger partial charge is 0.243 e. The van der Waals surface area contributed by atoms with Crippen molar-refractivity contribution in [2.24, 2.45) is 4.99 Å². The number of nitrogens with zero attached hydrogens (tertiary/aromatic N) is 3. The van der Waals surface area contributed by atoms with Gasteiger partial charge < -0.3 is 29.7 Å². The van der Waals surface area contributed by atoms with Crippen LogP contribution in [0.2, 0.25) is 0 Å².